The number of hydrogen-bond donors (Lipinski definition) is 4. The van der Waals surface area contributed by atoms with E-state index < -0.39 is 0 Å². The van der Waals surface area contributed by atoms with Crippen molar-refractivity contribution < 1.29 is 42.9 Å². The zero-order valence-electron chi connectivity index (χ0n) is 60.9. The molecule has 4 amide bonds. The van der Waals surface area contributed by atoms with Crippen LogP contribution >= 0.6 is 46.4 Å². The van der Waals surface area contributed by atoms with Gasteiger partial charge in [0.2, 0.25) is 0 Å². The third-order valence-electron chi connectivity index (χ3n) is 16.9. The molecule has 2 fully saturated rings. The number of halogens is 4. The summed E-state index contributed by atoms with van der Waals surface area (Å²) in [6.45, 7) is 26.4. The van der Waals surface area contributed by atoms with Crippen LogP contribution < -0.4 is 40.2 Å². The number of morpholine rings is 1. The third-order valence-corrected chi connectivity index (χ3v) is 18.6. The van der Waals surface area contributed by atoms with E-state index in [9.17, 15) is 19.2 Å². The van der Waals surface area contributed by atoms with Crippen LogP contribution in [0, 0.1) is 55.4 Å². The van der Waals surface area contributed by atoms with E-state index in [4.69, 9.17) is 70.1 Å². The summed E-state index contributed by atoms with van der Waals surface area (Å²) in [5.74, 6) is 1.70. The quantitative estimate of drug-likeness (QED) is 0.0450. The molecule has 544 valence electrons. The molecule has 0 aromatic heterocycles. The first kappa shape index (κ1) is 81.1. The van der Waals surface area contributed by atoms with E-state index in [1.54, 1.807) is 42.5 Å². The van der Waals surface area contributed by atoms with Gasteiger partial charge in [-0.2, -0.15) is 0 Å². The van der Waals surface area contributed by atoms with Gasteiger partial charge < -0.3 is 54.8 Å². The fourth-order valence-electron chi connectivity index (χ4n) is 11.0. The van der Waals surface area contributed by atoms with Crippen molar-refractivity contribution in [3.05, 3.63) is 232 Å². The van der Waals surface area contributed by atoms with Gasteiger partial charge in [-0.15, -0.1) is 0 Å². The number of aryl methyl sites for hydroxylation is 8. The molecular weight excluding hydrogens is 1370 g/mol. The van der Waals surface area contributed by atoms with Crippen molar-refractivity contribution in [3.63, 3.8) is 0 Å². The van der Waals surface area contributed by atoms with Crippen LogP contribution in [0.2, 0.25) is 20.1 Å². The molecule has 0 bridgehead atoms. The van der Waals surface area contributed by atoms with Crippen LogP contribution in [0.25, 0.3) is 0 Å². The van der Waals surface area contributed by atoms with Gasteiger partial charge in [0.05, 0.1) is 35.5 Å². The summed E-state index contributed by atoms with van der Waals surface area (Å²) in [6, 6.07) is 44.4. The highest BCUT2D eigenvalue weighted by Crippen LogP contribution is 2.30. The van der Waals surface area contributed by atoms with Crippen LogP contribution in [0.1, 0.15) is 105 Å². The lowest BCUT2D eigenvalue weighted by molar-refractivity contribution is 0.0322. The zero-order chi connectivity index (χ0) is 73.8. The number of piperidine rings is 1. The highest BCUT2D eigenvalue weighted by Gasteiger charge is 2.22. The first-order valence-corrected chi connectivity index (χ1v) is 35.9. The van der Waals surface area contributed by atoms with Crippen LogP contribution in [0.4, 0.5) is 22.7 Å². The lowest BCUT2D eigenvalue weighted by Gasteiger charge is -2.26. The second kappa shape index (κ2) is 41.2. The second-order valence-corrected chi connectivity index (χ2v) is 27.5. The van der Waals surface area contributed by atoms with Crippen molar-refractivity contribution in [2.45, 2.75) is 74.7 Å². The molecule has 8 aromatic carbocycles. The van der Waals surface area contributed by atoms with Gasteiger partial charge in [0.1, 0.15) is 49.4 Å². The number of likely N-dealkylation sites (N-methyl/N-ethyl adjacent to an activating group) is 2. The number of hydrogen-bond acceptors (Lipinski definition) is 13. The van der Waals surface area contributed by atoms with Crippen molar-refractivity contribution in [1.29, 1.82) is 0 Å². The van der Waals surface area contributed by atoms with Gasteiger partial charge in [0.25, 0.3) is 23.6 Å². The maximum absolute atomic E-state index is 12.9. The fourth-order valence-corrected chi connectivity index (χ4v) is 11.5. The molecule has 0 atom stereocenters. The number of rotatable bonds is 24. The number of ether oxygens (including phenoxy) is 5. The Morgan fingerprint density at radius 3 is 1.07 bits per heavy atom. The number of anilines is 4. The van der Waals surface area contributed by atoms with Gasteiger partial charge in [0.15, 0.2) is 0 Å². The summed E-state index contributed by atoms with van der Waals surface area (Å²) >= 11 is 24.2. The zero-order valence-corrected chi connectivity index (χ0v) is 63.9. The average Bonchev–Trinajstić information content (AvgIpc) is 0.844. The largest absolute Gasteiger partial charge is 0.491 e. The SMILES string of the molecule is Cc1cc(NC(=O)c2c(C)cccc2OCCN(C)C)ccc1Cl.Cc1cc(NC(=O)c2c(C)cccc2OCCN2CCCCC2)ccc1Cl.Cc1cc(NC(=O)c2c(C)cccc2OCCN2CCOCC2)ccc1Cl.Cc1ccc(OCCN(C)C)c(C(=O)Nc2ccc(Cl)c(C)c2)c1. The monoisotopic (exact) mass is 1470 g/mol. The Kier molecular flexibility index (Phi) is 32.7. The highest BCUT2D eigenvalue weighted by molar-refractivity contribution is 6.32. The molecule has 0 aliphatic carbocycles. The predicted molar refractivity (Wildman–Crippen MR) is 418 cm³/mol. The summed E-state index contributed by atoms with van der Waals surface area (Å²) in [6.07, 6.45) is 3.85. The summed E-state index contributed by atoms with van der Waals surface area (Å²) in [7, 11) is 7.93. The summed E-state index contributed by atoms with van der Waals surface area (Å²) < 4.78 is 28.9. The molecule has 2 heterocycles. The molecule has 2 aliphatic heterocycles. The molecule has 0 spiro atoms. The Bertz CT molecular complexity index is 3970. The van der Waals surface area contributed by atoms with Crippen molar-refractivity contribution in [1.82, 2.24) is 19.6 Å². The molecule has 0 saturated carbocycles. The minimum Gasteiger partial charge on any atom is -0.491 e. The third kappa shape index (κ3) is 25.9. The Hall–Kier alpha value is -8.20. The van der Waals surface area contributed by atoms with Crippen LogP contribution in [0.5, 0.6) is 23.0 Å². The van der Waals surface area contributed by atoms with E-state index >= 15 is 0 Å². The Morgan fingerprint density at radius 1 is 0.382 bits per heavy atom. The first-order chi connectivity index (χ1) is 48.8. The lowest BCUT2D eigenvalue weighted by atomic mass is 10.1. The number of nitrogens with zero attached hydrogens (tertiary/aromatic N) is 4. The van der Waals surface area contributed by atoms with Crippen LogP contribution in [-0.2, 0) is 4.74 Å². The van der Waals surface area contributed by atoms with Gasteiger partial charge in [-0.3, -0.25) is 29.0 Å². The molecule has 17 nitrogen and oxygen atoms in total. The van der Waals surface area contributed by atoms with Crippen LogP contribution in [0.3, 0.4) is 0 Å². The van der Waals surface area contributed by atoms with E-state index in [1.807, 2.05) is 197 Å². The molecule has 102 heavy (non-hydrogen) atoms. The van der Waals surface area contributed by atoms with Gasteiger partial charge in [-0.25, -0.2) is 0 Å². The Balaban J connectivity index is 0.000000191. The maximum Gasteiger partial charge on any atom is 0.259 e. The van der Waals surface area contributed by atoms with Crippen LogP contribution in [0.15, 0.2) is 146 Å². The number of nitrogens with one attached hydrogen (secondary N) is 4. The smallest absolute Gasteiger partial charge is 0.259 e. The van der Waals surface area contributed by atoms with Crippen LogP contribution in [-0.4, -0.2) is 163 Å². The molecule has 2 aliphatic rings. The summed E-state index contributed by atoms with van der Waals surface area (Å²) in [5.41, 5.74) is 12.4. The minimum absolute atomic E-state index is 0.164. The standard InChI is InChI=1S/C22H27ClN2O2.C21H25ClN2O3.2C19H23ClN2O2/c1-16-7-6-8-20(27-14-13-25-11-4-3-5-12-25)21(16)22(26)24-18-9-10-19(23)17(2)15-18;1-15-4-3-5-19(27-13-10-24-8-11-26-12-9-24)20(15)21(25)23-17-6-7-18(22)16(2)14-17;1-13-5-8-18(24-10-9-22(3)4)16(11-13)19(23)21-15-6-7-17(20)14(2)12-15;1-13-6-5-7-17(24-11-10-22(3)4)18(13)19(23)21-15-8-9-16(20)14(2)12-15/h6-10,15H,3-5,11-14H2,1-2H3,(H,24,26);3-7,14H,8-13H2,1-2H3,(H,23,25);5-8,11-12H,9-10H2,1-4H3,(H,21,23);5-9,12H,10-11H2,1-4H3,(H,21,23). The van der Waals surface area contributed by atoms with Gasteiger partial charge in [0, 0.05) is 82.1 Å². The molecule has 8 aromatic rings. The predicted octanol–water partition coefficient (Wildman–Crippen LogP) is 17.3. The van der Waals surface area contributed by atoms with E-state index in [0.29, 0.717) is 109 Å². The second-order valence-electron chi connectivity index (χ2n) is 25.9. The Labute approximate surface area is 623 Å². The topological polar surface area (TPSA) is 176 Å². The maximum atomic E-state index is 12.9. The van der Waals surface area contributed by atoms with Crippen molar-refractivity contribution in [2.24, 2.45) is 0 Å². The number of benzene rings is 8. The van der Waals surface area contributed by atoms with E-state index in [1.165, 1.54) is 19.3 Å². The number of carbonyl (C=O) groups is 4. The first-order valence-electron chi connectivity index (χ1n) is 34.4. The normalized spacial score (nSPS) is 12.9. The van der Waals surface area contributed by atoms with Gasteiger partial charge >= 0.3 is 0 Å². The summed E-state index contributed by atoms with van der Waals surface area (Å²) in [4.78, 5) is 59.9. The number of likely N-dealkylation sites (tertiary alicyclic amines) is 1. The molecule has 4 N–H and O–H groups in total. The number of amides is 4. The molecule has 0 unspecified atom stereocenters. The van der Waals surface area contributed by atoms with Gasteiger partial charge in [-0.1, -0.05) is 101 Å². The number of carbonyl (C=O) groups excluding carboxylic acids is 4. The van der Waals surface area contributed by atoms with Gasteiger partial charge in [-0.05, 0) is 252 Å². The summed E-state index contributed by atoms with van der Waals surface area (Å²) in [5, 5.41) is 14.4. The molecule has 2 saturated heterocycles. The van der Waals surface area contributed by atoms with Crippen molar-refractivity contribution in [3.8, 4) is 23.0 Å². The molecule has 10 rings (SSSR count). The Morgan fingerprint density at radius 2 is 0.716 bits per heavy atom. The van der Waals surface area contributed by atoms with E-state index in [2.05, 4.69) is 31.1 Å². The fraction of sp³-hybridized carbons (Fsp3) is 0.358. The average molecular weight is 1470 g/mol. The minimum atomic E-state index is -0.194. The lowest BCUT2D eigenvalue weighted by Crippen LogP contribution is -2.38. The highest BCUT2D eigenvalue weighted by atomic mass is 35.5. The molecule has 21 heteroatoms. The van der Waals surface area contributed by atoms with Crippen molar-refractivity contribution >= 4 is 92.8 Å². The van der Waals surface area contributed by atoms with Crippen molar-refractivity contribution in [2.75, 3.05) is 141 Å². The molecular formula is C81H98Cl4N8O9. The van der Waals surface area contributed by atoms with E-state index in [0.717, 1.165) is 116 Å². The van der Waals surface area contributed by atoms with E-state index in [-0.39, 0.29) is 23.6 Å². The molecule has 0 radical (unpaired) electrons.